The van der Waals surface area contributed by atoms with Gasteiger partial charge in [-0.1, -0.05) is 41.9 Å². The lowest BCUT2D eigenvalue weighted by atomic mass is 10.1. The highest BCUT2D eigenvalue weighted by Crippen LogP contribution is 2.25. The van der Waals surface area contributed by atoms with E-state index in [0.717, 1.165) is 0 Å². The Morgan fingerprint density at radius 2 is 1.34 bits per heavy atom. The number of halogens is 1. The molecule has 0 heterocycles. The monoisotopic (exact) mass is 569 g/mol. The zero-order valence-electron chi connectivity index (χ0n) is 20.4. The molecular formula is C27H24ClN3O5S2. The van der Waals surface area contributed by atoms with E-state index in [2.05, 4.69) is 14.8 Å². The van der Waals surface area contributed by atoms with E-state index in [1.54, 1.807) is 62.4 Å². The molecule has 11 heteroatoms. The summed E-state index contributed by atoms with van der Waals surface area (Å²) in [4.78, 5) is 12.8. The molecule has 1 amide bonds. The molecule has 0 radical (unpaired) electrons. The van der Waals surface area contributed by atoms with Crippen molar-refractivity contribution < 1.29 is 21.6 Å². The molecule has 38 heavy (non-hydrogen) atoms. The number of carbonyl (C=O) groups excluding carboxylic acids is 1. The normalized spacial score (nSPS) is 11.6. The molecule has 0 aromatic heterocycles. The van der Waals surface area contributed by atoms with Crippen LogP contribution in [0.15, 0.2) is 101 Å². The average Bonchev–Trinajstić information content (AvgIpc) is 2.87. The van der Waals surface area contributed by atoms with Crippen molar-refractivity contribution in [2.45, 2.75) is 23.6 Å². The van der Waals surface area contributed by atoms with Crippen LogP contribution in [0.5, 0.6) is 0 Å². The van der Waals surface area contributed by atoms with Crippen LogP contribution in [0.25, 0.3) is 0 Å². The van der Waals surface area contributed by atoms with Crippen molar-refractivity contribution >= 4 is 54.6 Å². The number of benzene rings is 4. The first-order valence-electron chi connectivity index (χ1n) is 11.3. The van der Waals surface area contributed by atoms with Crippen molar-refractivity contribution in [3.63, 3.8) is 0 Å². The Balaban J connectivity index is 1.50. The third-order valence-electron chi connectivity index (χ3n) is 5.63. The van der Waals surface area contributed by atoms with Gasteiger partial charge < -0.3 is 5.32 Å². The Hall–Kier alpha value is -3.86. The van der Waals surface area contributed by atoms with E-state index in [-0.39, 0.29) is 15.4 Å². The number of amides is 1. The molecule has 0 bridgehead atoms. The van der Waals surface area contributed by atoms with Gasteiger partial charge in [-0.05, 0) is 85.6 Å². The van der Waals surface area contributed by atoms with Crippen molar-refractivity contribution in [2.75, 3.05) is 14.8 Å². The summed E-state index contributed by atoms with van der Waals surface area (Å²) in [5, 5.41) is 3.06. The molecule has 0 spiro atoms. The zero-order chi connectivity index (χ0) is 27.5. The molecule has 4 rings (SSSR count). The number of aryl methyl sites for hydroxylation is 2. The molecule has 196 valence electrons. The Labute approximate surface area is 226 Å². The van der Waals surface area contributed by atoms with Crippen LogP contribution in [0.3, 0.4) is 0 Å². The lowest BCUT2D eigenvalue weighted by Gasteiger charge is -2.13. The summed E-state index contributed by atoms with van der Waals surface area (Å²) < 4.78 is 56.5. The maximum absolute atomic E-state index is 12.9. The number of nitrogens with one attached hydrogen (secondary N) is 3. The van der Waals surface area contributed by atoms with Crippen LogP contribution < -0.4 is 14.8 Å². The van der Waals surface area contributed by atoms with Gasteiger partial charge in [-0.3, -0.25) is 14.2 Å². The predicted octanol–water partition coefficient (Wildman–Crippen LogP) is 5.81. The second-order valence-corrected chi connectivity index (χ2v) is 12.3. The smallest absolute Gasteiger partial charge is 0.262 e. The number of carbonyl (C=O) groups is 1. The third-order valence-corrected chi connectivity index (χ3v) is 8.77. The standard InChI is InChI=1S/C27H24ClN3O5S2/c1-18-9-11-21(28)17-25(18)31-37(33,34)24-14-12-22(13-15-24)29-27(32)20-10-8-19(2)26(16-20)38(35,36)30-23-6-4-3-5-7-23/h3-17,30-31H,1-2H3,(H,29,32). The summed E-state index contributed by atoms with van der Waals surface area (Å²) in [6, 6.07) is 23.3. The van der Waals surface area contributed by atoms with E-state index in [9.17, 15) is 21.6 Å². The van der Waals surface area contributed by atoms with Gasteiger partial charge in [-0.25, -0.2) is 16.8 Å². The largest absolute Gasteiger partial charge is 0.322 e. The molecule has 8 nitrogen and oxygen atoms in total. The molecule has 0 saturated heterocycles. The highest BCUT2D eigenvalue weighted by atomic mass is 35.5. The maximum atomic E-state index is 12.9. The maximum Gasteiger partial charge on any atom is 0.262 e. The molecule has 0 atom stereocenters. The first-order chi connectivity index (χ1) is 17.9. The van der Waals surface area contributed by atoms with E-state index < -0.39 is 26.0 Å². The van der Waals surface area contributed by atoms with Crippen LogP contribution in [0.1, 0.15) is 21.5 Å². The number of para-hydroxylation sites is 1. The van der Waals surface area contributed by atoms with Crippen LogP contribution in [-0.2, 0) is 20.0 Å². The highest BCUT2D eigenvalue weighted by Gasteiger charge is 2.20. The topological polar surface area (TPSA) is 121 Å². The SMILES string of the molecule is Cc1ccc(Cl)cc1NS(=O)(=O)c1ccc(NC(=O)c2ccc(C)c(S(=O)(=O)Nc3ccccc3)c2)cc1. The lowest BCUT2D eigenvalue weighted by Crippen LogP contribution is -2.17. The molecule has 4 aromatic carbocycles. The molecular weight excluding hydrogens is 546 g/mol. The van der Waals surface area contributed by atoms with Gasteiger partial charge in [0.2, 0.25) is 0 Å². The fourth-order valence-electron chi connectivity index (χ4n) is 3.58. The van der Waals surface area contributed by atoms with Gasteiger partial charge in [-0.2, -0.15) is 0 Å². The second-order valence-electron chi connectivity index (χ2n) is 8.50. The van der Waals surface area contributed by atoms with Gasteiger partial charge >= 0.3 is 0 Å². The van der Waals surface area contributed by atoms with E-state index in [1.807, 2.05) is 0 Å². The van der Waals surface area contributed by atoms with Gasteiger partial charge in [0, 0.05) is 22.0 Å². The summed E-state index contributed by atoms with van der Waals surface area (Å²) in [5.74, 6) is -0.551. The zero-order valence-corrected chi connectivity index (χ0v) is 22.8. The van der Waals surface area contributed by atoms with Crippen molar-refractivity contribution in [2.24, 2.45) is 0 Å². The molecule has 4 aromatic rings. The minimum atomic E-state index is -3.94. The minimum Gasteiger partial charge on any atom is -0.322 e. The quantitative estimate of drug-likeness (QED) is 0.247. The first kappa shape index (κ1) is 27.2. The van der Waals surface area contributed by atoms with E-state index in [4.69, 9.17) is 11.6 Å². The van der Waals surface area contributed by atoms with Gasteiger partial charge in [0.05, 0.1) is 15.5 Å². The number of sulfonamides is 2. The van der Waals surface area contributed by atoms with Crippen molar-refractivity contribution in [3.8, 4) is 0 Å². The van der Waals surface area contributed by atoms with E-state index in [1.165, 1.54) is 42.5 Å². The van der Waals surface area contributed by atoms with Crippen molar-refractivity contribution in [1.82, 2.24) is 0 Å². The first-order valence-corrected chi connectivity index (χ1v) is 14.7. The van der Waals surface area contributed by atoms with Crippen LogP contribution in [0.2, 0.25) is 5.02 Å². The second kappa shape index (κ2) is 10.9. The average molecular weight is 570 g/mol. The summed E-state index contributed by atoms with van der Waals surface area (Å²) in [6.45, 7) is 3.39. The van der Waals surface area contributed by atoms with Crippen LogP contribution in [0.4, 0.5) is 17.1 Å². The fourth-order valence-corrected chi connectivity index (χ4v) is 6.20. The van der Waals surface area contributed by atoms with Gasteiger partial charge in [0.25, 0.3) is 26.0 Å². The molecule has 0 fully saturated rings. The lowest BCUT2D eigenvalue weighted by molar-refractivity contribution is 0.102. The third kappa shape index (κ3) is 6.34. The summed E-state index contributed by atoms with van der Waals surface area (Å²) in [6.07, 6.45) is 0. The predicted molar refractivity (Wildman–Crippen MR) is 150 cm³/mol. The summed E-state index contributed by atoms with van der Waals surface area (Å²) in [5.41, 5.74) is 2.40. The van der Waals surface area contributed by atoms with Crippen LogP contribution in [0, 0.1) is 13.8 Å². The fraction of sp³-hybridized carbons (Fsp3) is 0.0741. The minimum absolute atomic E-state index is 0.00873. The molecule has 0 aliphatic carbocycles. The number of hydrogen-bond acceptors (Lipinski definition) is 5. The van der Waals surface area contributed by atoms with E-state index >= 15 is 0 Å². The van der Waals surface area contributed by atoms with Crippen molar-refractivity contribution in [3.05, 3.63) is 113 Å². The highest BCUT2D eigenvalue weighted by molar-refractivity contribution is 7.93. The molecule has 0 unspecified atom stereocenters. The molecule has 3 N–H and O–H groups in total. The number of hydrogen-bond donors (Lipinski definition) is 3. The Morgan fingerprint density at radius 1 is 0.684 bits per heavy atom. The Morgan fingerprint density at radius 3 is 2.03 bits per heavy atom. The molecule has 0 saturated carbocycles. The number of anilines is 3. The molecule has 0 aliphatic heterocycles. The summed E-state index contributed by atoms with van der Waals surface area (Å²) >= 11 is 5.98. The molecule has 0 aliphatic rings. The van der Waals surface area contributed by atoms with Gasteiger partial charge in [-0.15, -0.1) is 0 Å². The Kier molecular flexibility index (Phi) is 7.77. The van der Waals surface area contributed by atoms with E-state index in [0.29, 0.717) is 33.2 Å². The van der Waals surface area contributed by atoms with Gasteiger partial charge in [0.1, 0.15) is 0 Å². The van der Waals surface area contributed by atoms with Crippen LogP contribution in [-0.4, -0.2) is 22.7 Å². The number of rotatable bonds is 8. The summed E-state index contributed by atoms with van der Waals surface area (Å²) in [7, 11) is -7.84. The van der Waals surface area contributed by atoms with Gasteiger partial charge in [0.15, 0.2) is 0 Å². The van der Waals surface area contributed by atoms with Crippen LogP contribution >= 0.6 is 11.6 Å². The van der Waals surface area contributed by atoms with Crippen molar-refractivity contribution in [1.29, 1.82) is 0 Å². The Bertz CT molecular complexity index is 1710.